The molecule has 1 aliphatic rings. The molecule has 11 heteroatoms. The van der Waals surface area contributed by atoms with Gasteiger partial charge in [-0.1, -0.05) is 29.8 Å². The first-order chi connectivity index (χ1) is 17.8. The second kappa shape index (κ2) is 11.9. The molecule has 1 aromatic heterocycles. The highest BCUT2D eigenvalue weighted by Gasteiger charge is 2.36. The van der Waals surface area contributed by atoms with Crippen molar-refractivity contribution >= 4 is 62.5 Å². The van der Waals surface area contributed by atoms with Crippen molar-refractivity contribution in [3.05, 3.63) is 85.6 Å². The number of benzene rings is 2. The molecule has 0 unspecified atom stereocenters. The van der Waals surface area contributed by atoms with Crippen molar-refractivity contribution in [2.75, 3.05) is 13.7 Å². The second-order valence-electron chi connectivity index (χ2n) is 7.67. The fourth-order valence-corrected chi connectivity index (χ4v) is 5.06. The van der Waals surface area contributed by atoms with Crippen LogP contribution in [0.3, 0.4) is 0 Å². The smallest absolute Gasteiger partial charge is 0.373 e. The molecule has 2 aromatic carbocycles. The highest BCUT2D eigenvalue weighted by atomic mass is 79.9. The van der Waals surface area contributed by atoms with Crippen LogP contribution in [0.1, 0.15) is 34.4 Å². The quantitative estimate of drug-likeness (QED) is 0.196. The van der Waals surface area contributed by atoms with E-state index in [2.05, 4.69) is 20.7 Å². The summed E-state index contributed by atoms with van der Waals surface area (Å²) in [7, 11) is 1.23. The van der Waals surface area contributed by atoms with Crippen molar-refractivity contribution in [1.82, 2.24) is 4.90 Å². The molecule has 1 aliphatic heterocycles. The van der Waals surface area contributed by atoms with Crippen LogP contribution < -0.4 is 9.47 Å². The highest BCUT2D eigenvalue weighted by Crippen LogP contribution is 2.40. The lowest BCUT2D eigenvalue weighted by molar-refractivity contribution is -0.123. The Morgan fingerprint density at radius 2 is 1.95 bits per heavy atom. The number of thioether (sulfide) groups is 1. The Bertz CT molecular complexity index is 1390. The first-order valence-corrected chi connectivity index (χ1v) is 13.0. The van der Waals surface area contributed by atoms with E-state index >= 15 is 0 Å². The summed E-state index contributed by atoms with van der Waals surface area (Å²) in [6.45, 7) is 2.37. The normalized spacial score (nSPS) is 14.4. The molecule has 0 aliphatic carbocycles. The maximum absolute atomic E-state index is 13.0. The molecular weight excluding hydrogens is 586 g/mol. The third kappa shape index (κ3) is 6.20. The van der Waals surface area contributed by atoms with Crippen molar-refractivity contribution in [3.63, 3.8) is 0 Å². The average molecular weight is 607 g/mol. The van der Waals surface area contributed by atoms with Crippen molar-refractivity contribution in [3.8, 4) is 11.5 Å². The number of rotatable bonds is 9. The van der Waals surface area contributed by atoms with E-state index in [0.717, 1.165) is 22.2 Å². The number of furan rings is 1. The van der Waals surface area contributed by atoms with Crippen LogP contribution in [0.4, 0.5) is 4.79 Å². The summed E-state index contributed by atoms with van der Waals surface area (Å²) >= 11 is 10.6. The van der Waals surface area contributed by atoms with Crippen LogP contribution in [-0.4, -0.2) is 35.7 Å². The summed E-state index contributed by atoms with van der Waals surface area (Å²) in [6, 6.07) is 13.8. The predicted octanol–water partition coefficient (Wildman–Crippen LogP) is 6.70. The van der Waals surface area contributed by atoms with E-state index in [0.29, 0.717) is 33.2 Å². The van der Waals surface area contributed by atoms with Gasteiger partial charge in [0.1, 0.15) is 12.4 Å². The molecule has 192 valence electrons. The van der Waals surface area contributed by atoms with Gasteiger partial charge in [-0.2, -0.15) is 0 Å². The van der Waals surface area contributed by atoms with Gasteiger partial charge in [-0.25, -0.2) is 4.79 Å². The number of methoxy groups -OCH3 is 1. The third-order valence-electron chi connectivity index (χ3n) is 5.20. The molecule has 0 spiro atoms. The van der Waals surface area contributed by atoms with Crippen LogP contribution in [0.2, 0.25) is 5.02 Å². The number of ether oxygens (including phenoxy) is 3. The number of hydrogen-bond acceptors (Lipinski definition) is 8. The molecule has 0 atom stereocenters. The summed E-state index contributed by atoms with van der Waals surface area (Å²) in [5.41, 5.74) is 1.46. The largest absolute Gasteiger partial charge is 0.490 e. The molecular formula is C26H21BrClNO7S. The lowest BCUT2D eigenvalue weighted by Gasteiger charge is -2.15. The van der Waals surface area contributed by atoms with Gasteiger partial charge in [-0.15, -0.1) is 0 Å². The van der Waals surface area contributed by atoms with Gasteiger partial charge in [0.05, 0.1) is 29.6 Å². The van der Waals surface area contributed by atoms with Crippen molar-refractivity contribution < 1.29 is 33.0 Å². The molecule has 2 amide bonds. The van der Waals surface area contributed by atoms with Crippen LogP contribution in [0.5, 0.6) is 11.5 Å². The first-order valence-electron chi connectivity index (χ1n) is 11.1. The number of nitrogens with zero attached hydrogens (tertiary/aromatic N) is 1. The summed E-state index contributed by atoms with van der Waals surface area (Å²) in [5.74, 6) is 0.122. The zero-order valence-electron chi connectivity index (χ0n) is 19.8. The van der Waals surface area contributed by atoms with E-state index in [1.54, 1.807) is 24.3 Å². The van der Waals surface area contributed by atoms with Gasteiger partial charge in [-0.05, 0) is 76.6 Å². The molecule has 1 saturated heterocycles. The Balaban J connectivity index is 1.53. The van der Waals surface area contributed by atoms with E-state index in [1.807, 2.05) is 25.1 Å². The van der Waals surface area contributed by atoms with E-state index < -0.39 is 17.1 Å². The maximum Gasteiger partial charge on any atom is 0.373 e. The van der Waals surface area contributed by atoms with E-state index in [9.17, 15) is 14.4 Å². The van der Waals surface area contributed by atoms with E-state index in [1.165, 1.54) is 19.2 Å². The number of carbonyl (C=O) groups excluding carboxylic acids is 3. The summed E-state index contributed by atoms with van der Waals surface area (Å²) in [5, 5.41) is 0.149. The van der Waals surface area contributed by atoms with Crippen LogP contribution in [0.25, 0.3) is 6.08 Å². The third-order valence-corrected chi connectivity index (χ3v) is 7.06. The second-order valence-corrected chi connectivity index (χ2v) is 9.92. The molecule has 3 aromatic rings. The van der Waals surface area contributed by atoms with Gasteiger partial charge < -0.3 is 18.6 Å². The minimum atomic E-state index is -0.643. The summed E-state index contributed by atoms with van der Waals surface area (Å²) < 4.78 is 22.4. The predicted molar refractivity (Wildman–Crippen MR) is 143 cm³/mol. The van der Waals surface area contributed by atoms with Gasteiger partial charge in [0.2, 0.25) is 5.76 Å². The van der Waals surface area contributed by atoms with Crippen LogP contribution in [0, 0.1) is 0 Å². The van der Waals surface area contributed by atoms with Crippen LogP contribution >= 0.6 is 39.3 Å². The van der Waals surface area contributed by atoms with Gasteiger partial charge in [-0.3, -0.25) is 14.5 Å². The Morgan fingerprint density at radius 3 is 2.68 bits per heavy atom. The number of esters is 1. The number of imide groups is 1. The van der Waals surface area contributed by atoms with Crippen molar-refractivity contribution in [1.29, 1.82) is 0 Å². The Kier molecular flexibility index (Phi) is 8.63. The van der Waals surface area contributed by atoms with Crippen molar-refractivity contribution in [2.24, 2.45) is 0 Å². The van der Waals surface area contributed by atoms with E-state index in [-0.39, 0.29) is 29.6 Å². The van der Waals surface area contributed by atoms with Crippen LogP contribution in [-0.2, 0) is 22.7 Å². The first kappa shape index (κ1) is 26.8. The molecule has 2 heterocycles. The average Bonchev–Trinajstić information content (AvgIpc) is 3.44. The minimum absolute atomic E-state index is 0.00911. The molecule has 37 heavy (non-hydrogen) atoms. The molecule has 4 rings (SSSR count). The van der Waals surface area contributed by atoms with E-state index in [4.69, 9.17) is 25.5 Å². The molecule has 1 fully saturated rings. The molecule has 0 radical (unpaired) electrons. The summed E-state index contributed by atoms with van der Waals surface area (Å²) in [4.78, 5) is 38.4. The van der Waals surface area contributed by atoms with Crippen LogP contribution in [0.15, 0.2) is 62.3 Å². The van der Waals surface area contributed by atoms with Gasteiger partial charge >= 0.3 is 5.97 Å². The fourth-order valence-electron chi connectivity index (χ4n) is 3.46. The fraction of sp³-hybridized carbons (Fsp3) is 0.192. The van der Waals surface area contributed by atoms with Gasteiger partial charge in [0.15, 0.2) is 11.5 Å². The number of halogens is 2. The lowest BCUT2D eigenvalue weighted by Crippen LogP contribution is -2.27. The lowest BCUT2D eigenvalue weighted by atomic mass is 10.1. The van der Waals surface area contributed by atoms with Gasteiger partial charge in [0.25, 0.3) is 11.1 Å². The summed E-state index contributed by atoms with van der Waals surface area (Å²) in [6.07, 6.45) is 1.61. The minimum Gasteiger partial charge on any atom is -0.490 e. The van der Waals surface area contributed by atoms with Crippen molar-refractivity contribution in [2.45, 2.75) is 20.1 Å². The maximum atomic E-state index is 13.0. The zero-order chi connectivity index (χ0) is 26.5. The molecule has 8 nitrogen and oxygen atoms in total. The number of amides is 2. The number of hydrogen-bond donors (Lipinski definition) is 0. The molecule has 0 bridgehead atoms. The standard InChI is InChI=1S/C26H21BrClNO7S/c1-3-34-21-11-15(10-18(27)23(21)35-14-16-6-4-5-7-19(16)28)12-22-24(30)29(26(32)37-22)13-17-8-9-20(36-17)25(31)33-2/h4-12H,3,13-14H2,1-2H3/b22-12+. The molecule has 0 saturated carbocycles. The Morgan fingerprint density at radius 1 is 1.16 bits per heavy atom. The topological polar surface area (TPSA) is 95.3 Å². The SMILES string of the molecule is CCOc1cc(/C=C2/SC(=O)N(Cc3ccc(C(=O)OC)o3)C2=O)cc(Br)c1OCc1ccccc1Cl. The zero-order valence-corrected chi connectivity index (χ0v) is 22.9. The Labute approximate surface area is 230 Å². The highest BCUT2D eigenvalue weighted by molar-refractivity contribution is 9.10. The molecule has 0 N–H and O–H groups in total. The van der Waals surface area contributed by atoms with Gasteiger partial charge in [0, 0.05) is 10.6 Å². The Hall–Kier alpha value is -3.21. The monoisotopic (exact) mass is 605 g/mol. The number of carbonyl (C=O) groups is 3.